The molecule has 0 heterocycles. The summed E-state index contributed by atoms with van der Waals surface area (Å²) in [7, 11) is 0. The molecule has 2 aromatic carbocycles. The Labute approximate surface area is 186 Å². The van der Waals surface area contributed by atoms with Crippen LogP contribution in [0, 0.1) is 55.4 Å². The molecule has 0 unspecified atom stereocenters. The highest BCUT2D eigenvalue weighted by Crippen LogP contribution is 2.40. The van der Waals surface area contributed by atoms with Crippen molar-refractivity contribution in [3.05, 3.63) is 92.1 Å². The quantitative estimate of drug-likeness (QED) is 0.464. The number of rotatable bonds is 3. The Balaban J connectivity index is 2.33. The molecule has 0 N–H and O–H groups in total. The number of allylic oxidation sites excluding steroid dienone is 5. The topological polar surface area (TPSA) is 12.4 Å². The molecule has 156 valence electrons. The van der Waals surface area contributed by atoms with Gasteiger partial charge in [0.2, 0.25) is 0 Å². The third-order valence-electron chi connectivity index (χ3n) is 6.74. The molecule has 0 bridgehead atoms. The zero-order chi connectivity index (χ0) is 22.3. The Morgan fingerprint density at radius 2 is 1.00 bits per heavy atom. The van der Waals surface area contributed by atoms with Crippen molar-refractivity contribution in [1.29, 1.82) is 0 Å². The minimum atomic E-state index is 0.995. The molecule has 0 aliphatic heterocycles. The summed E-state index contributed by atoms with van der Waals surface area (Å²) in [5, 5.41) is 0. The van der Waals surface area contributed by atoms with E-state index < -0.39 is 0 Å². The molecule has 1 aliphatic carbocycles. The maximum absolute atomic E-state index is 4.87. The average Bonchev–Trinajstić information content (AvgIpc) is 2.69. The second-order valence-electron chi connectivity index (χ2n) is 8.53. The van der Waals surface area contributed by atoms with Crippen LogP contribution in [0.1, 0.15) is 55.6 Å². The standard InChI is InChI=1S/C28H33NS/c1-15-13-16(2)20(6)26(19(15)5)24-11-12-25(28(23(24)9)29-30-10)27-21(7)17(3)14-18(4)22(27)8/h11-14H,9H2,1-8,10H3/b29-28+. The van der Waals surface area contributed by atoms with E-state index in [1.165, 1.54) is 78.7 Å². The fraction of sp³-hybridized carbons (Fsp3) is 0.321. The van der Waals surface area contributed by atoms with Gasteiger partial charge in [-0.25, -0.2) is 4.40 Å². The van der Waals surface area contributed by atoms with Crippen molar-refractivity contribution in [1.82, 2.24) is 0 Å². The summed E-state index contributed by atoms with van der Waals surface area (Å²) in [4.78, 5) is 0. The summed E-state index contributed by atoms with van der Waals surface area (Å²) in [6.07, 6.45) is 6.52. The summed E-state index contributed by atoms with van der Waals surface area (Å²) in [6.45, 7) is 22.2. The largest absolute Gasteiger partial charge is 0.216 e. The molecular weight excluding hydrogens is 382 g/mol. The van der Waals surface area contributed by atoms with E-state index in [0.29, 0.717) is 0 Å². The van der Waals surface area contributed by atoms with Crippen molar-refractivity contribution in [2.24, 2.45) is 4.40 Å². The molecule has 30 heavy (non-hydrogen) atoms. The van der Waals surface area contributed by atoms with Crippen molar-refractivity contribution >= 4 is 28.8 Å². The molecule has 0 radical (unpaired) electrons. The summed E-state index contributed by atoms with van der Waals surface area (Å²) in [6, 6.07) is 4.56. The van der Waals surface area contributed by atoms with Gasteiger partial charge in [0.1, 0.15) is 0 Å². The van der Waals surface area contributed by atoms with Crippen LogP contribution in [-0.4, -0.2) is 12.0 Å². The summed E-state index contributed by atoms with van der Waals surface area (Å²) in [5.74, 6) is 0. The van der Waals surface area contributed by atoms with E-state index in [1.807, 2.05) is 6.26 Å². The van der Waals surface area contributed by atoms with Crippen molar-refractivity contribution in [2.75, 3.05) is 6.26 Å². The first-order valence-electron chi connectivity index (χ1n) is 10.5. The maximum atomic E-state index is 4.87. The molecule has 0 saturated heterocycles. The maximum Gasteiger partial charge on any atom is 0.0863 e. The van der Waals surface area contributed by atoms with Crippen LogP contribution in [0.15, 0.2) is 40.8 Å². The zero-order valence-corrected chi connectivity index (χ0v) is 20.7. The van der Waals surface area contributed by atoms with Gasteiger partial charge < -0.3 is 0 Å². The molecular formula is C28H33NS. The fourth-order valence-electron chi connectivity index (χ4n) is 4.51. The highest BCUT2D eigenvalue weighted by atomic mass is 32.2. The van der Waals surface area contributed by atoms with Crippen molar-refractivity contribution < 1.29 is 0 Å². The molecule has 1 aliphatic rings. The van der Waals surface area contributed by atoms with Gasteiger partial charge in [-0.2, -0.15) is 0 Å². The van der Waals surface area contributed by atoms with Gasteiger partial charge in [-0.3, -0.25) is 0 Å². The Hall–Kier alpha value is -2.32. The van der Waals surface area contributed by atoms with Gasteiger partial charge in [0, 0.05) is 17.4 Å². The first-order chi connectivity index (χ1) is 14.1. The van der Waals surface area contributed by atoms with Gasteiger partial charge in [0.05, 0.1) is 5.71 Å². The lowest BCUT2D eigenvalue weighted by molar-refractivity contribution is 1.21. The highest BCUT2D eigenvalue weighted by molar-refractivity contribution is 7.97. The third-order valence-corrected chi connectivity index (χ3v) is 7.10. The van der Waals surface area contributed by atoms with E-state index in [1.54, 1.807) is 0 Å². The van der Waals surface area contributed by atoms with Gasteiger partial charge >= 0.3 is 0 Å². The first-order valence-corrected chi connectivity index (χ1v) is 11.7. The van der Waals surface area contributed by atoms with E-state index in [-0.39, 0.29) is 0 Å². The molecule has 3 rings (SSSR count). The van der Waals surface area contributed by atoms with Crippen molar-refractivity contribution in [3.63, 3.8) is 0 Å². The molecule has 0 amide bonds. The molecule has 2 aromatic rings. The molecule has 0 saturated carbocycles. The first kappa shape index (κ1) is 22.4. The Morgan fingerprint density at radius 1 is 0.633 bits per heavy atom. The van der Waals surface area contributed by atoms with Crippen LogP contribution >= 0.6 is 11.9 Å². The van der Waals surface area contributed by atoms with Crippen LogP contribution in [0.2, 0.25) is 0 Å². The summed E-state index contributed by atoms with van der Waals surface area (Å²) in [5.41, 5.74) is 17.5. The molecule has 0 spiro atoms. The van der Waals surface area contributed by atoms with Crippen LogP contribution in [0.5, 0.6) is 0 Å². The van der Waals surface area contributed by atoms with E-state index in [2.05, 4.69) is 86.3 Å². The second-order valence-corrected chi connectivity index (χ2v) is 9.08. The Bertz CT molecular complexity index is 1100. The lowest BCUT2D eigenvalue weighted by Crippen LogP contribution is -2.14. The minimum absolute atomic E-state index is 0.995. The van der Waals surface area contributed by atoms with E-state index >= 15 is 0 Å². The van der Waals surface area contributed by atoms with Gasteiger partial charge in [-0.1, -0.05) is 30.9 Å². The predicted octanol–water partition coefficient (Wildman–Crippen LogP) is 7.91. The van der Waals surface area contributed by atoms with Gasteiger partial charge in [-0.05, 0) is 129 Å². The fourth-order valence-corrected chi connectivity index (χ4v) is 4.90. The normalized spacial score (nSPS) is 15.5. The molecule has 2 heteroatoms. The number of benzene rings is 2. The molecule has 0 atom stereocenters. The van der Waals surface area contributed by atoms with E-state index in [0.717, 1.165) is 11.3 Å². The zero-order valence-electron chi connectivity index (χ0n) is 19.9. The van der Waals surface area contributed by atoms with Gasteiger partial charge in [0.15, 0.2) is 0 Å². The minimum Gasteiger partial charge on any atom is -0.216 e. The van der Waals surface area contributed by atoms with Crippen LogP contribution in [0.25, 0.3) is 11.1 Å². The van der Waals surface area contributed by atoms with Crippen LogP contribution in [-0.2, 0) is 0 Å². The Kier molecular flexibility index (Phi) is 6.29. The molecule has 0 fully saturated rings. The summed E-state index contributed by atoms with van der Waals surface area (Å²) >= 11 is 1.50. The van der Waals surface area contributed by atoms with Gasteiger partial charge in [-0.15, -0.1) is 0 Å². The third kappa shape index (κ3) is 3.63. The van der Waals surface area contributed by atoms with E-state index in [4.69, 9.17) is 4.40 Å². The SMILES string of the molecule is C=C1C(c2c(C)c(C)cc(C)c2C)=CC=C(c2c(C)c(C)cc(C)c2C)/C1=N/SC. The molecule has 0 aromatic heterocycles. The lowest BCUT2D eigenvalue weighted by Gasteiger charge is -2.26. The van der Waals surface area contributed by atoms with Crippen molar-refractivity contribution in [3.8, 4) is 0 Å². The lowest BCUT2D eigenvalue weighted by atomic mass is 9.78. The number of aryl methyl sites for hydroxylation is 4. The van der Waals surface area contributed by atoms with E-state index in [9.17, 15) is 0 Å². The second kappa shape index (κ2) is 8.43. The molecule has 1 nitrogen and oxygen atoms in total. The number of nitrogens with zero attached hydrogens (tertiary/aromatic N) is 1. The van der Waals surface area contributed by atoms with Crippen molar-refractivity contribution in [2.45, 2.75) is 55.4 Å². The summed E-state index contributed by atoms with van der Waals surface area (Å²) < 4.78 is 4.87. The average molecular weight is 416 g/mol. The Morgan fingerprint density at radius 3 is 1.40 bits per heavy atom. The number of hydrogen-bond acceptors (Lipinski definition) is 2. The van der Waals surface area contributed by atoms with Crippen LogP contribution in [0.3, 0.4) is 0 Å². The van der Waals surface area contributed by atoms with Crippen LogP contribution < -0.4 is 0 Å². The number of hydrogen-bond donors (Lipinski definition) is 0. The monoisotopic (exact) mass is 415 g/mol. The predicted molar refractivity (Wildman–Crippen MR) is 137 cm³/mol. The van der Waals surface area contributed by atoms with Crippen LogP contribution in [0.4, 0.5) is 0 Å². The highest BCUT2D eigenvalue weighted by Gasteiger charge is 2.26. The van der Waals surface area contributed by atoms with Gasteiger partial charge in [0.25, 0.3) is 0 Å². The smallest absolute Gasteiger partial charge is 0.0863 e.